The largest absolute Gasteiger partial charge is 0.350 e. The minimum Gasteiger partial charge on any atom is -0.350 e. The third kappa shape index (κ3) is 2.79. The number of nitrogens with zero attached hydrogens (tertiary/aromatic N) is 4. The number of aromatic nitrogens is 3. The van der Waals surface area contributed by atoms with Crippen LogP contribution in [-0.4, -0.2) is 21.5 Å². The van der Waals surface area contributed by atoms with Gasteiger partial charge in [-0.25, -0.2) is 10.8 Å². The van der Waals surface area contributed by atoms with E-state index in [4.69, 9.17) is 5.84 Å². The van der Waals surface area contributed by atoms with Gasteiger partial charge in [0.2, 0.25) is 5.95 Å². The molecule has 108 valence electrons. The van der Waals surface area contributed by atoms with Gasteiger partial charge in [-0.05, 0) is 30.5 Å². The Morgan fingerprint density at radius 3 is 2.90 bits per heavy atom. The zero-order valence-corrected chi connectivity index (χ0v) is 12.5. The van der Waals surface area contributed by atoms with Gasteiger partial charge in [-0.1, -0.05) is 6.07 Å². The third-order valence-electron chi connectivity index (χ3n) is 3.19. The molecule has 3 heterocycles. The number of fused-ring (bicyclic) bond motifs is 1. The number of anilines is 2. The van der Waals surface area contributed by atoms with Gasteiger partial charge in [-0.15, -0.1) is 11.3 Å². The van der Waals surface area contributed by atoms with Gasteiger partial charge in [0.05, 0.1) is 17.6 Å². The van der Waals surface area contributed by atoms with Crippen molar-refractivity contribution in [1.29, 1.82) is 0 Å². The fraction of sp³-hybridized carbons (Fsp3) is 0.214. The highest BCUT2D eigenvalue weighted by Gasteiger charge is 2.15. The van der Waals surface area contributed by atoms with Gasteiger partial charge in [0.25, 0.3) is 0 Å². The number of nitrogens with one attached hydrogen (secondary N) is 1. The lowest BCUT2D eigenvalue weighted by molar-refractivity contribution is 0.797. The Hall–Kier alpha value is -2.25. The summed E-state index contributed by atoms with van der Waals surface area (Å²) in [5, 5.41) is 3.05. The van der Waals surface area contributed by atoms with Crippen LogP contribution < -0.4 is 16.2 Å². The van der Waals surface area contributed by atoms with E-state index >= 15 is 0 Å². The normalized spacial score (nSPS) is 10.8. The van der Waals surface area contributed by atoms with Gasteiger partial charge in [0, 0.05) is 12.7 Å². The van der Waals surface area contributed by atoms with Gasteiger partial charge >= 0.3 is 0 Å². The molecule has 0 atom stereocenters. The van der Waals surface area contributed by atoms with Crippen LogP contribution in [0.4, 0.5) is 11.8 Å². The fourth-order valence-electron chi connectivity index (χ4n) is 2.17. The van der Waals surface area contributed by atoms with Crippen molar-refractivity contribution in [3.05, 3.63) is 41.5 Å². The molecule has 7 heteroatoms. The number of rotatable bonds is 5. The molecule has 0 aliphatic heterocycles. The van der Waals surface area contributed by atoms with Crippen molar-refractivity contribution >= 4 is 33.3 Å². The molecule has 0 radical (unpaired) electrons. The molecule has 0 unspecified atom stereocenters. The van der Waals surface area contributed by atoms with E-state index in [-0.39, 0.29) is 0 Å². The van der Waals surface area contributed by atoms with Crippen molar-refractivity contribution in [2.75, 3.05) is 16.9 Å². The highest BCUT2D eigenvalue weighted by atomic mass is 32.1. The Bertz CT molecular complexity index is 727. The molecule has 0 saturated carbocycles. The van der Waals surface area contributed by atoms with Crippen molar-refractivity contribution in [2.24, 2.45) is 5.84 Å². The first-order chi connectivity index (χ1) is 10.3. The molecule has 0 aliphatic carbocycles. The van der Waals surface area contributed by atoms with E-state index in [0.717, 1.165) is 28.3 Å². The van der Waals surface area contributed by atoms with E-state index in [2.05, 4.69) is 32.2 Å². The van der Waals surface area contributed by atoms with Crippen LogP contribution in [0.1, 0.15) is 12.6 Å². The number of hydrogen-bond donors (Lipinski definition) is 2. The van der Waals surface area contributed by atoms with Crippen LogP contribution in [0.25, 0.3) is 10.2 Å². The molecule has 0 spiro atoms. The molecule has 0 bridgehead atoms. The second-order valence-electron chi connectivity index (χ2n) is 4.49. The van der Waals surface area contributed by atoms with Gasteiger partial charge < -0.3 is 4.90 Å². The highest BCUT2D eigenvalue weighted by Crippen LogP contribution is 2.29. The summed E-state index contributed by atoms with van der Waals surface area (Å²) in [7, 11) is 0. The predicted octanol–water partition coefficient (Wildman–Crippen LogP) is 2.40. The lowest BCUT2D eigenvalue weighted by Crippen LogP contribution is -2.24. The summed E-state index contributed by atoms with van der Waals surface area (Å²) >= 11 is 1.58. The van der Waals surface area contributed by atoms with Crippen LogP contribution in [0.15, 0.2) is 35.8 Å². The quantitative estimate of drug-likeness (QED) is 0.556. The van der Waals surface area contributed by atoms with Crippen LogP contribution in [0, 0.1) is 0 Å². The lowest BCUT2D eigenvalue weighted by atomic mass is 10.3. The van der Waals surface area contributed by atoms with Crippen molar-refractivity contribution < 1.29 is 0 Å². The minimum atomic E-state index is 0.430. The van der Waals surface area contributed by atoms with Crippen LogP contribution in [-0.2, 0) is 6.54 Å². The number of hydrazine groups is 1. The third-order valence-corrected chi connectivity index (χ3v) is 4.00. The minimum absolute atomic E-state index is 0.430. The first-order valence-electron chi connectivity index (χ1n) is 6.68. The summed E-state index contributed by atoms with van der Waals surface area (Å²) in [5.74, 6) is 6.78. The molecule has 0 saturated heterocycles. The van der Waals surface area contributed by atoms with Gasteiger partial charge in [-0.3, -0.25) is 10.4 Å². The fourth-order valence-corrected chi connectivity index (χ4v) is 2.93. The SMILES string of the molecule is CCN(Cc1ccccn1)c1nc(NN)nc2sccc12. The first kappa shape index (κ1) is 13.7. The van der Waals surface area contributed by atoms with Crippen molar-refractivity contribution in [3.63, 3.8) is 0 Å². The molecule has 0 aliphatic rings. The van der Waals surface area contributed by atoms with Crippen LogP contribution in [0.2, 0.25) is 0 Å². The van der Waals surface area contributed by atoms with Crippen LogP contribution in [0.5, 0.6) is 0 Å². The molecule has 3 aromatic rings. The number of hydrogen-bond acceptors (Lipinski definition) is 7. The lowest BCUT2D eigenvalue weighted by Gasteiger charge is -2.22. The van der Waals surface area contributed by atoms with E-state index in [1.54, 1.807) is 17.5 Å². The number of pyridine rings is 1. The Morgan fingerprint density at radius 1 is 1.29 bits per heavy atom. The molecule has 6 nitrogen and oxygen atoms in total. The molecule has 21 heavy (non-hydrogen) atoms. The Kier molecular flexibility index (Phi) is 3.94. The number of nitrogen functional groups attached to an aromatic ring is 1. The maximum Gasteiger partial charge on any atom is 0.240 e. The second kappa shape index (κ2) is 6.02. The summed E-state index contributed by atoms with van der Waals surface area (Å²) in [6.07, 6.45) is 1.80. The monoisotopic (exact) mass is 300 g/mol. The molecule has 0 amide bonds. The zero-order chi connectivity index (χ0) is 14.7. The summed E-state index contributed by atoms with van der Waals surface area (Å²) in [6.45, 7) is 3.62. The Labute approximate surface area is 126 Å². The highest BCUT2D eigenvalue weighted by molar-refractivity contribution is 7.16. The molecule has 3 aromatic heterocycles. The predicted molar refractivity (Wildman–Crippen MR) is 86.2 cm³/mol. The first-order valence-corrected chi connectivity index (χ1v) is 7.56. The maximum atomic E-state index is 5.47. The molecular weight excluding hydrogens is 284 g/mol. The van der Waals surface area contributed by atoms with E-state index in [1.165, 1.54) is 0 Å². The van der Waals surface area contributed by atoms with Crippen molar-refractivity contribution in [1.82, 2.24) is 15.0 Å². The van der Waals surface area contributed by atoms with Crippen molar-refractivity contribution in [3.8, 4) is 0 Å². The average molecular weight is 300 g/mol. The Morgan fingerprint density at radius 2 is 2.19 bits per heavy atom. The van der Waals surface area contributed by atoms with E-state index in [1.807, 2.05) is 29.6 Å². The van der Waals surface area contributed by atoms with Crippen molar-refractivity contribution in [2.45, 2.75) is 13.5 Å². The van der Waals surface area contributed by atoms with E-state index in [0.29, 0.717) is 12.5 Å². The molecule has 0 fully saturated rings. The van der Waals surface area contributed by atoms with Gasteiger partial charge in [0.1, 0.15) is 10.6 Å². The summed E-state index contributed by atoms with van der Waals surface area (Å²) in [5.41, 5.74) is 3.54. The molecule has 3 rings (SSSR count). The second-order valence-corrected chi connectivity index (χ2v) is 5.38. The number of nitrogens with two attached hydrogens (primary N) is 1. The maximum absolute atomic E-state index is 5.47. The zero-order valence-electron chi connectivity index (χ0n) is 11.7. The van der Waals surface area contributed by atoms with Gasteiger partial charge in [-0.2, -0.15) is 4.98 Å². The smallest absolute Gasteiger partial charge is 0.240 e. The summed E-state index contributed by atoms with van der Waals surface area (Å²) in [6, 6.07) is 7.95. The number of thiophene rings is 1. The van der Waals surface area contributed by atoms with Crippen LogP contribution >= 0.6 is 11.3 Å². The van der Waals surface area contributed by atoms with E-state index < -0.39 is 0 Å². The summed E-state index contributed by atoms with van der Waals surface area (Å²) < 4.78 is 0. The average Bonchev–Trinajstić information content (AvgIpc) is 3.01. The Balaban J connectivity index is 2.01. The summed E-state index contributed by atoms with van der Waals surface area (Å²) in [4.78, 5) is 16.4. The van der Waals surface area contributed by atoms with Crippen LogP contribution in [0.3, 0.4) is 0 Å². The van der Waals surface area contributed by atoms with E-state index in [9.17, 15) is 0 Å². The molecule has 0 aromatic carbocycles. The molecular formula is C14H16N6S. The standard InChI is InChI=1S/C14H16N6S/c1-2-20(9-10-5-3-4-7-16-10)12-11-6-8-21-13(11)18-14(17-12)19-15/h3-8H,2,9,15H2,1H3,(H,17,18,19). The topological polar surface area (TPSA) is 80.0 Å². The van der Waals surface area contributed by atoms with Gasteiger partial charge in [0.15, 0.2) is 0 Å². The molecule has 3 N–H and O–H groups in total.